The van der Waals surface area contributed by atoms with E-state index in [9.17, 15) is 29.4 Å². The highest BCUT2D eigenvalue weighted by Gasteiger charge is 2.27. The normalized spacial score (nSPS) is 14.5. The lowest BCUT2D eigenvalue weighted by Gasteiger charge is -2.18. The molecule has 0 saturated heterocycles. The Morgan fingerprint density at radius 2 is 1.21 bits per heavy atom. The van der Waals surface area contributed by atoms with Gasteiger partial charge < -0.3 is 20.4 Å². The van der Waals surface area contributed by atoms with Crippen LogP contribution < -0.4 is 0 Å². The number of carbonyl (C=O) groups is 4. The first-order valence-electron chi connectivity index (χ1n) is 8.05. The maximum Gasteiger partial charge on any atom is 0.306 e. The van der Waals surface area contributed by atoms with Gasteiger partial charge in [0.2, 0.25) is 0 Å². The van der Waals surface area contributed by atoms with Crippen molar-refractivity contribution in [3.63, 3.8) is 0 Å². The average Bonchev–Trinajstić information content (AvgIpc) is 2.47. The zero-order valence-corrected chi connectivity index (χ0v) is 13.8. The van der Waals surface area contributed by atoms with Gasteiger partial charge >= 0.3 is 23.9 Å². The Hall–Kier alpha value is -2.12. The molecule has 0 aromatic rings. The van der Waals surface area contributed by atoms with Crippen molar-refractivity contribution in [3.8, 4) is 0 Å². The maximum atomic E-state index is 11.3. The first-order valence-corrected chi connectivity index (χ1v) is 8.05. The largest absolute Gasteiger partial charge is 0.481 e. The van der Waals surface area contributed by atoms with Crippen LogP contribution >= 0.6 is 0 Å². The molecule has 0 fully saturated rings. The predicted molar refractivity (Wildman–Crippen MR) is 83.6 cm³/mol. The fourth-order valence-electron chi connectivity index (χ4n) is 2.49. The van der Waals surface area contributed by atoms with Gasteiger partial charge in [-0.1, -0.05) is 19.8 Å². The number of carboxylic acid groups (broad SMARTS) is 4. The van der Waals surface area contributed by atoms with Gasteiger partial charge in [0.15, 0.2) is 0 Å². The van der Waals surface area contributed by atoms with Crippen molar-refractivity contribution in [2.75, 3.05) is 0 Å². The molecule has 0 heterocycles. The topological polar surface area (TPSA) is 149 Å². The molecule has 24 heavy (non-hydrogen) atoms. The van der Waals surface area contributed by atoms with Crippen molar-refractivity contribution in [2.24, 2.45) is 17.8 Å². The minimum absolute atomic E-state index is 0.0286. The van der Waals surface area contributed by atoms with E-state index in [0.29, 0.717) is 25.7 Å². The zero-order valence-electron chi connectivity index (χ0n) is 13.8. The molecule has 0 aromatic carbocycles. The summed E-state index contributed by atoms with van der Waals surface area (Å²) in [5.74, 6) is -6.30. The minimum atomic E-state index is -1.09. The Labute approximate surface area is 140 Å². The molecular weight excluding hydrogens is 320 g/mol. The fourth-order valence-corrected chi connectivity index (χ4v) is 2.49. The molecule has 0 spiro atoms. The molecule has 3 unspecified atom stereocenters. The van der Waals surface area contributed by atoms with Crippen LogP contribution in [0.3, 0.4) is 0 Å². The van der Waals surface area contributed by atoms with E-state index in [2.05, 4.69) is 0 Å². The Morgan fingerprint density at radius 3 is 1.62 bits per heavy atom. The van der Waals surface area contributed by atoms with Gasteiger partial charge in [-0.2, -0.15) is 0 Å². The Morgan fingerprint density at radius 1 is 0.708 bits per heavy atom. The highest BCUT2D eigenvalue weighted by atomic mass is 16.4. The van der Waals surface area contributed by atoms with Gasteiger partial charge in [-0.05, 0) is 32.1 Å². The van der Waals surface area contributed by atoms with Gasteiger partial charge in [-0.3, -0.25) is 19.2 Å². The molecule has 138 valence electrons. The van der Waals surface area contributed by atoms with Crippen LogP contribution in [0.15, 0.2) is 0 Å². The minimum Gasteiger partial charge on any atom is -0.481 e. The average molecular weight is 346 g/mol. The zero-order chi connectivity index (χ0) is 18.7. The first-order chi connectivity index (χ1) is 11.1. The van der Waals surface area contributed by atoms with E-state index in [-0.39, 0.29) is 25.7 Å². The predicted octanol–water partition coefficient (Wildman–Crippen LogP) is 2.31. The molecule has 0 saturated carbocycles. The van der Waals surface area contributed by atoms with Gasteiger partial charge in [0.25, 0.3) is 0 Å². The van der Waals surface area contributed by atoms with Crippen LogP contribution in [-0.2, 0) is 19.2 Å². The van der Waals surface area contributed by atoms with Crippen LogP contribution in [0.4, 0.5) is 0 Å². The number of hydrogen-bond acceptors (Lipinski definition) is 4. The van der Waals surface area contributed by atoms with E-state index in [1.165, 1.54) is 0 Å². The number of hydrogen-bond donors (Lipinski definition) is 4. The maximum absolute atomic E-state index is 11.3. The molecular formula is C16H26O8. The third-order valence-electron chi connectivity index (χ3n) is 4.07. The third-order valence-corrected chi connectivity index (χ3v) is 4.07. The second-order valence-electron chi connectivity index (χ2n) is 6.12. The van der Waals surface area contributed by atoms with Crippen LogP contribution in [0.1, 0.15) is 58.3 Å². The Kier molecular flexibility index (Phi) is 10.4. The van der Waals surface area contributed by atoms with E-state index in [4.69, 9.17) is 10.2 Å². The summed E-state index contributed by atoms with van der Waals surface area (Å²) in [4.78, 5) is 43.7. The molecule has 0 aliphatic rings. The standard InChI is InChI=1S/C16H26O8/c1-10(14(19)20)5-4-7-12(16(23)24)9-11(15(21)22)6-2-3-8-13(17)18/h10-12H,2-9H2,1H3,(H,17,18)(H,19,20)(H,21,22)(H,23,24). The van der Waals surface area contributed by atoms with Crippen molar-refractivity contribution in [1.29, 1.82) is 0 Å². The van der Waals surface area contributed by atoms with Gasteiger partial charge in [0.1, 0.15) is 0 Å². The number of aliphatic carboxylic acids is 4. The van der Waals surface area contributed by atoms with E-state index >= 15 is 0 Å². The Balaban J connectivity index is 4.45. The summed E-state index contributed by atoms with van der Waals surface area (Å²) in [5.41, 5.74) is 0. The van der Waals surface area contributed by atoms with Crippen molar-refractivity contribution >= 4 is 23.9 Å². The van der Waals surface area contributed by atoms with E-state index in [1.54, 1.807) is 6.92 Å². The molecule has 0 bridgehead atoms. The number of rotatable bonds is 14. The number of unbranched alkanes of at least 4 members (excludes halogenated alkanes) is 1. The van der Waals surface area contributed by atoms with Crippen molar-refractivity contribution in [3.05, 3.63) is 0 Å². The van der Waals surface area contributed by atoms with Crippen LogP contribution in [0.2, 0.25) is 0 Å². The molecule has 3 atom stereocenters. The van der Waals surface area contributed by atoms with E-state index in [0.717, 1.165) is 0 Å². The van der Waals surface area contributed by atoms with Crippen molar-refractivity contribution < 1.29 is 39.6 Å². The summed E-state index contributed by atoms with van der Waals surface area (Å²) in [6, 6.07) is 0. The van der Waals surface area contributed by atoms with Gasteiger partial charge in [-0.15, -0.1) is 0 Å². The summed E-state index contributed by atoms with van der Waals surface area (Å²) < 4.78 is 0. The van der Waals surface area contributed by atoms with Crippen LogP contribution in [0.5, 0.6) is 0 Å². The molecule has 0 aromatic heterocycles. The lowest BCUT2D eigenvalue weighted by molar-refractivity contribution is -0.146. The summed E-state index contributed by atoms with van der Waals surface area (Å²) in [5, 5.41) is 35.8. The fraction of sp³-hybridized carbons (Fsp3) is 0.750. The van der Waals surface area contributed by atoms with Crippen LogP contribution in [0, 0.1) is 17.8 Å². The molecule has 0 aliphatic heterocycles. The summed E-state index contributed by atoms with van der Waals surface area (Å²) >= 11 is 0. The molecule has 8 nitrogen and oxygen atoms in total. The molecule has 0 rings (SSSR count). The van der Waals surface area contributed by atoms with E-state index < -0.39 is 41.6 Å². The summed E-state index contributed by atoms with van der Waals surface area (Å²) in [7, 11) is 0. The number of carboxylic acids is 4. The third kappa shape index (κ3) is 9.81. The molecule has 4 N–H and O–H groups in total. The molecule has 0 amide bonds. The highest BCUT2D eigenvalue weighted by Crippen LogP contribution is 2.24. The summed E-state index contributed by atoms with van der Waals surface area (Å²) in [6.07, 6.45) is 1.90. The molecule has 0 radical (unpaired) electrons. The molecule has 8 heteroatoms. The molecule has 0 aliphatic carbocycles. The summed E-state index contributed by atoms with van der Waals surface area (Å²) in [6.45, 7) is 1.54. The lowest BCUT2D eigenvalue weighted by Crippen LogP contribution is -2.23. The Bertz CT molecular complexity index is 445. The monoisotopic (exact) mass is 346 g/mol. The quantitative estimate of drug-likeness (QED) is 0.350. The SMILES string of the molecule is CC(CCCC(CC(CCCCC(=O)O)C(=O)O)C(=O)O)C(=O)O. The van der Waals surface area contributed by atoms with Gasteiger partial charge in [0.05, 0.1) is 17.8 Å². The second kappa shape index (κ2) is 11.4. The van der Waals surface area contributed by atoms with Crippen LogP contribution in [-0.4, -0.2) is 44.3 Å². The smallest absolute Gasteiger partial charge is 0.306 e. The van der Waals surface area contributed by atoms with Crippen LogP contribution in [0.25, 0.3) is 0 Å². The second-order valence-corrected chi connectivity index (χ2v) is 6.12. The lowest BCUT2D eigenvalue weighted by atomic mass is 9.86. The van der Waals surface area contributed by atoms with E-state index in [1.807, 2.05) is 0 Å². The van der Waals surface area contributed by atoms with Gasteiger partial charge in [0, 0.05) is 6.42 Å². The van der Waals surface area contributed by atoms with Crippen molar-refractivity contribution in [2.45, 2.75) is 58.3 Å². The highest BCUT2D eigenvalue weighted by molar-refractivity contribution is 5.73. The van der Waals surface area contributed by atoms with Crippen molar-refractivity contribution in [1.82, 2.24) is 0 Å². The first kappa shape index (κ1) is 21.9. The van der Waals surface area contributed by atoms with Gasteiger partial charge in [-0.25, -0.2) is 0 Å².